The summed E-state index contributed by atoms with van der Waals surface area (Å²) in [4.78, 5) is 11.5. The van der Waals surface area contributed by atoms with Crippen LogP contribution in [0.25, 0.3) is 0 Å². The molecule has 1 N–H and O–H groups in total. The van der Waals surface area contributed by atoms with Gasteiger partial charge in [0.05, 0.1) is 0 Å². The SMILES string of the molecule is CCC(C)Cc1ccc(C(C)O)oc1=O. The lowest BCUT2D eigenvalue weighted by molar-refractivity contribution is 0.163. The van der Waals surface area contributed by atoms with Gasteiger partial charge in [0.2, 0.25) is 0 Å². The Balaban J connectivity index is 2.89. The first kappa shape index (κ1) is 12.0. The molecule has 0 aliphatic heterocycles. The zero-order valence-electron chi connectivity index (χ0n) is 9.49. The Kier molecular flexibility index (Phi) is 4.09. The molecule has 0 aliphatic carbocycles. The van der Waals surface area contributed by atoms with Crippen molar-refractivity contribution in [3.63, 3.8) is 0 Å². The van der Waals surface area contributed by atoms with Gasteiger partial charge in [-0.1, -0.05) is 20.3 Å². The number of hydrogen-bond donors (Lipinski definition) is 1. The van der Waals surface area contributed by atoms with Crippen LogP contribution in [0, 0.1) is 5.92 Å². The van der Waals surface area contributed by atoms with Crippen molar-refractivity contribution in [2.45, 2.75) is 39.7 Å². The van der Waals surface area contributed by atoms with Crippen LogP contribution in [0.4, 0.5) is 0 Å². The van der Waals surface area contributed by atoms with E-state index in [0.717, 1.165) is 12.8 Å². The molecule has 0 bridgehead atoms. The van der Waals surface area contributed by atoms with E-state index in [-0.39, 0.29) is 5.63 Å². The molecule has 1 aromatic rings. The minimum Gasteiger partial charge on any atom is -0.425 e. The monoisotopic (exact) mass is 210 g/mol. The zero-order chi connectivity index (χ0) is 11.4. The van der Waals surface area contributed by atoms with Crippen molar-refractivity contribution in [1.82, 2.24) is 0 Å². The van der Waals surface area contributed by atoms with Crippen molar-refractivity contribution in [2.75, 3.05) is 0 Å². The lowest BCUT2D eigenvalue weighted by Gasteiger charge is -2.08. The second-order valence-electron chi connectivity index (χ2n) is 4.04. The molecule has 15 heavy (non-hydrogen) atoms. The highest BCUT2D eigenvalue weighted by Crippen LogP contribution is 2.12. The Labute approximate surface area is 89.7 Å². The molecule has 0 aromatic carbocycles. The van der Waals surface area contributed by atoms with Gasteiger partial charge < -0.3 is 9.52 Å². The van der Waals surface area contributed by atoms with Crippen molar-refractivity contribution in [3.05, 3.63) is 33.9 Å². The van der Waals surface area contributed by atoms with Gasteiger partial charge in [-0.2, -0.15) is 0 Å². The molecule has 2 atom stereocenters. The smallest absolute Gasteiger partial charge is 0.339 e. The highest BCUT2D eigenvalue weighted by atomic mass is 16.4. The first-order valence-corrected chi connectivity index (χ1v) is 5.35. The van der Waals surface area contributed by atoms with Crippen LogP contribution in [0.3, 0.4) is 0 Å². The van der Waals surface area contributed by atoms with Crippen molar-refractivity contribution in [2.24, 2.45) is 5.92 Å². The summed E-state index contributed by atoms with van der Waals surface area (Å²) in [6.07, 6.45) is 1.05. The van der Waals surface area contributed by atoms with Crippen LogP contribution in [0.5, 0.6) is 0 Å². The third-order valence-electron chi connectivity index (χ3n) is 2.60. The van der Waals surface area contributed by atoms with Crippen LogP contribution in [-0.4, -0.2) is 5.11 Å². The molecule has 1 aromatic heterocycles. The fourth-order valence-electron chi connectivity index (χ4n) is 1.35. The predicted octanol–water partition coefficient (Wildman–Crippen LogP) is 2.28. The standard InChI is InChI=1S/C12H18O3/c1-4-8(2)7-10-5-6-11(9(3)13)15-12(10)14/h5-6,8-9,13H,4,7H2,1-3H3. The molecule has 3 nitrogen and oxygen atoms in total. The van der Waals surface area contributed by atoms with Gasteiger partial charge in [-0.25, -0.2) is 4.79 Å². The summed E-state index contributed by atoms with van der Waals surface area (Å²) in [5, 5.41) is 9.23. The van der Waals surface area contributed by atoms with Gasteiger partial charge in [0.1, 0.15) is 11.9 Å². The first-order valence-electron chi connectivity index (χ1n) is 5.35. The van der Waals surface area contributed by atoms with Crippen LogP contribution in [0.1, 0.15) is 44.6 Å². The van der Waals surface area contributed by atoms with E-state index in [2.05, 4.69) is 13.8 Å². The van der Waals surface area contributed by atoms with Gasteiger partial charge >= 0.3 is 5.63 Å². The minimum absolute atomic E-state index is 0.325. The second kappa shape index (κ2) is 5.12. The Morgan fingerprint density at radius 3 is 2.53 bits per heavy atom. The molecule has 3 heteroatoms. The van der Waals surface area contributed by atoms with Crippen molar-refractivity contribution < 1.29 is 9.52 Å². The van der Waals surface area contributed by atoms with E-state index in [1.54, 1.807) is 19.1 Å². The van der Waals surface area contributed by atoms with E-state index in [9.17, 15) is 9.90 Å². The van der Waals surface area contributed by atoms with Crippen LogP contribution >= 0.6 is 0 Å². The van der Waals surface area contributed by atoms with E-state index in [4.69, 9.17) is 4.42 Å². The number of hydrogen-bond acceptors (Lipinski definition) is 3. The summed E-state index contributed by atoms with van der Waals surface area (Å²) in [6.45, 7) is 5.77. The van der Waals surface area contributed by atoms with E-state index >= 15 is 0 Å². The molecule has 0 aliphatic rings. The third-order valence-corrected chi connectivity index (χ3v) is 2.60. The summed E-state index contributed by atoms with van der Waals surface area (Å²) in [5.41, 5.74) is 0.363. The maximum absolute atomic E-state index is 11.5. The summed E-state index contributed by atoms with van der Waals surface area (Å²) < 4.78 is 5.01. The van der Waals surface area contributed by atoms with Gasteiger partial charge in [-0.15, -0.1) is 0 Å². The number of aliphatic hydroxyl groups excluding tert-OH is 1. The second-order valence-corrected chi connectivity index (χ2v) is 4.04. The molecule has 0 saturated heterocycles. The highest BCUT2D eigenvalue weighted by molar-refractivity contribution is 5.12. The molecule has 0 spiro atoms. The third kappa shape index (κ3) is 3.20. The quantitative estimate of drug-likeness (QED) is 0.829. The van der Waals surface area contributed by atoms with Crippen LogP contribution in [0.2, 0.25) is 0 Å². The van der Waals surface area contributed by atoms with Gasteiger partial charge in [-0.05, 0) is 31.4 Å². The molecule has 2 unspecified atom stereocenters. The largest absolute Gasteiger partial charge is 0.425 e. The molecule has 0 saturated carbocycles. The summed E-state index contributed by atoms with van der Waals surface area (Å²) in [7, 11) is 0. The Morgan fingerprint density at radius 1 is 1.40 bits per heavy atom. The molecule has 0 fully saturated rings. The molecule has 0 radical (unpaired) electrons. The Hall–Kier alpha value is -1.09. The topological polar surface area (TPSA) is 50.4 Å². The average molecular weight is 210 g/mol. The summed E-state index contributed by atoms with van der Waals surface area (Å²) in [6, 6.07) is 3.42. The highest BCUT2D eigenvalue weighted by Gasteiger charge is 2.09. The molecule has 1 rings (SSSR count). The Bertz CT molecular complexity index is 365. The van der Waals surface area contributed by atoms with Crippen molar-refractivity contribution >= 4 is 0 Å². The minimum atomic E-state index is -0.727. The zero-order valence-corrected chi connectivity index (χ0v) is 9.49. The summed E-state index contributed by atoms with van der Waals surface area (Å²) in [5.74, 6) is 0.804. The van der Waals surface area contributed by atoms with Gasteiger partial charge in [0.25, 0.3) is 0 Å². The van der Waals surface area contributed by atoms with E-state index in [1.807, 2.05) is 0 Å². The molecule has 84 valence electrons. The molecular formula is C12H18O3. The average Bonchev–Trinajstić information content (AvgIpc) is 2.20. The fraction of sp³-hybridized carbons (Fsp3) is 0.583. The normalized spacial score (nSPS) is 14.9. The van der Waals surface area contributed by atoms with E-state index < -0.39 is 6.10 Å². The lowest BCUT2D eigenvalue weighted by Crippen LogP contribution is -2.12. The van der Waals surface area contributed by atoms with Crippen LogP contribution in [-0.2, 0) is 6.42 Å². The summed E-state index contributed by atoms with van der Waals surface area (Å²) >= 11 is 0. The van der Waals surface area contributed by atoms with Gasteiger partial charge in [-0.3, -0.25) is 0 Å². The number of rotatable bonds is 4. The van der Waals surface area contributed by atoms with Gasteiger partial charge in [0.15, 0.2) is 0 Å². The molecule has 1 heterocycles. The van der Waals surface area contributed by atoms with Crippen LogP contribution < -0.4 is 5.63 Å². The van der Waals surface area contributed by atoms with Crippen LogP contribution in [0.15, 0.2) is 21.3 Å². The van der Waals surface area contributed by atoms with Crippen molar-refractivity contribution in [3.8, 4) is 0 Å². The van der Waals surface area contributed by atoms with Gasteiger partial charge in [0, 0.05) is 5.56 Å². The van der Waals surface area contributed by atoms with E-state index in [1.165, 1.54) is 0 Å². The molecular weight excluding hydrogens is 192 g/mol. The maximum Gasteiger partial charge on any atom is 0.339 e. The fourth-order valence-corrected chi connectivity index (χ4v) is 1.35. The Morgan fingerprint density at radius 2 is 2.07 bits per heavy atom. The lowest BCUT2D eigenvalue weighted by atomic mass is 10.0. The van der Waals surface area contributed by atoms with E-state index in [0.29, 0.717) is 17.2 Å². The molecule has 0 amide bonds. The number of aliphatic hydroxyl groups is 1. The first-order chi connectivity index (χ1) is 7.04. The maximum atomic E-state index is 11.5. The predicted molar refractivity (Wildman–Crippen MR) is 58.8 cm³/mol. The van der Waals surface area contributed by atoms with Crippen molar-refractivity contribution in [1.29, 1.82) is 0 Å².